The summed E-state index contributed by atoms with van der Waals surface area (Å²) in [7, 11) is 0. The van der Waals surface area contributed by atoms with E-state index < -0.39 is 5.54 Å². The molecule has 4 nitrogen and oxygen atoms in total. The third-order valence-corrected chi connectivity index (χ3v) is 3.27. The molecule has 1 aliphatic carbocycles. The maximum absolute atomic E-state index is 11.9. The molecule has 1 aliphatic rings. The number of rotatable bonds is 6. The molecule has 0 saturated heterocycles. The van der Waals surface area contributed by atoms with Crippen molar-refractivity contribution in [3.63, 3.8) is 0 Å². The van der Waals surface area contributed by atoms with Crippen LogP contribution in [0.5, 0.6) is 0 Å². The lowest BCUT2D eigenvalue weighted by atomic mass is 9.97. The molecule has 1 unspecified atom stereocenters. The molecule has 0 radical (unpaired) electrons. The van der Waals surface area contributed by atoms with Crippen LogP contribution >= 0.6 is 0 Å². The standard InChI is InChI=1S/C12H23NO3/c1-3-10(14)9-13-12(7-5-6-8-12)11(15)16-4-2/h10,13-14H,3-9H2,1-2H3. The Balaban J connectivity index is 2.55. The minimum atomic E-state index is -0.536. The van der Waals surface area contributed by atoms with Gasteiger partial charge in [0.1, 0.15) is 5.54 Å². The van der Waals surface area contributed by atoms with Gasteiger partial charge in [0.15, 0.2) is 0 Å². The van der Waals surface area contributed by atoms with Crippen molar-refractivity contribution in [3.05, 3.63) is 0 Å². The summed E-state index contributed by atoms with van der Waals surface area (Å²) < 4.78 is 5.11. The molecule has 0 aromatic carbocycles. The van der Waals surface area contributed by atoms with Crippen molar-refractivity contribution in [2.75, 3.05) is 13.2 Å². The largest absolute Gasteiger partial charge is 0.465 e. The number of nitrogens with one attached hydrogen (secondary N) is 1. The Bertz CT molecular complexity index is 224. The van der Waals surface area contributed by atoms with Gasteiger partial charge in [-0.2, -0.15) is 0 Å². The van der Waals surface area contributed by atoms with Gasteiger partial charge < -0.3 is 9.84 Å². The maximum Gasteiger partial charge on any atom is 0.326 e. The molecular formula is C12H23NO3. The second kappa shape index (κ2) is 6.21. The van der Waals surface area contributed by atoms with E-state index in [1.54, 1.807) is 0 Å². The third-order valence-electron chi connectivity index (χ3n) is 3.27. The van der Waals surface area contributed by atoms with Crippen LogP contribution in [0.15, 0.2) is 0 Å². The fourth-order valence-electron chi connectivity index (χ4n) is 2.16. The van der Waals surface area contributed by atoms with E-state index >= 15 is 0 Å². The van der Waals surface area contributed by atoms with Gasteiger partial charge in [-0.3, -0.25) is 10.1 Å². The van der Waals surface area contributed by atoms with Gasteiger partial charge >= 0.3 is 5.97 Å². The molecule has 1 fully saturated rings. The quantitative estimate of drug-likeness (QED) is 0.672. The average molecular weight is 229 g/mol. The van der Waals surface area contributed by atoms with Crippen LogP contribution in [0.4, 0.5) is 0 Å². The fourth-order valence-corrected chi connectivity index (χ4v) is 2.16. The first-order valence-corrected chi connectivity index (χ1v) is 6.25. The van der Waals surface area contributed by atoms with Crippen LogP contribution in [0, 0.1) is 0 Å². The fraction of sp³-hybridized carbons (Fsp3) is 0.917. The van der Waals surface area contributed by atoms with Crippen LogP contribution in [0.3, 0.4) is 0 Å². The van der Waals surface area contributed by atoms with Crippen LogP contribution < -0.4 is 5.32 Å². The number of β-amino-alcohol motifs (C(OH)–C–C–N with tert-alkyl or cyclic N) is 1. The summed E-state index contributed by atoms with van der Waals surface area (Å²) in [6, 6.07) is 0. The molecule has 0 aromatic heterocycles. The van der Waals surface area contributed by atoms with E-state index in [1.165, 1.54) is 0 Å². The number of aliphatic hydroxyl groups excluding tert-OH is 1. The van der Waals surface area contributed by atoms with E-state index in [9.17, 15) is 9.90 Å². The highest BCUT2D eigenvalue weighted by Crippen LogP contribution is 2.30. The van der Waals surface area contributed by atoms with Gasteiger partial charge in [0.05, 0.1) is 12.7 Å². The Labute approximate surface area is 97.4 Å². The van der Waals surface area contributed by atoms with Gasteiger partial charge in [-0.25, -0.2) is 0 Å². The summed E-state index contributed by atoms with van der Waals surface area (Å²) in [5.74, 6) is -0.157. The molecule has 1 saturated carbocycles. The molecule has 1 atom stereocenters. The van der Waals surface area contributed by atoms with Gasteiger partial charge in [-0.1, -0.05) is 19.8 Å². The Hall–Kier alpha value is -0.610. The lowest BCUT2D eigenvalue weighted by Crippen LogP contribution is -2.53. The first-order chi connectivity index (χ1) is 7.64. The van der Waals surface area contributed by atoms with Crippen molar-refractivity contribution in [3.8, 4) is 0 Å². The molecule has 0 bridgehead atoms. The molecule has 1 rings (SSSR count). The van der Waals surface area contributed by atoms with E-state index in [-0.39, 0.29) is 12.1 Å². The first kappa shape index (κ1) is 13.5. The van der Waals surface area contributed by atoms with Crippen molar-refractivity contribution in [2.24, 2.45) is 0 Å². The highest BCUT2D eigenvalue weighted by atomic mass is 16.5. The van der Waals surface area contributed by atoms with E-state index in [2.05, 4.69) is 5.32 Å². The van der Waals surface area contributed by atoms with Crippen molar-refractivity contribution in [1.29, 1.82) is 0 Å². The minimum absolute atomic E-state index is 0.157. The van der Waals surface area contributed by atoms with Crippen molar-refractivity contribution >= 4 is 5.97 Å². The number of aliphatic hydroxyl groups is 1. The highest BCUT2D eigenvalue weighted by Gasteiger charge is 2.42. The monoisotopic (exact) mass is 229 g/mol. The number of hydrogen-bond donors (Lipinski definition) is 2. The van der Waals surface area contributed by atoms with Crippen molar-refractivity contribution in [2.45, 2.75) is 57.6 Å². The van der Waals surface area contributed by atoms with E-state index in [4.69, 9.17) is 4.74 Å². The summed E-state index contributed by atoms with van der Waals surface area (Å²) in [5, 5.41) is 12.7. The van der Waals surface area contributed by atoms with E-state index in [0.717, 1.165) is 25.7 Å². The summed E-state index contributed by atoms with van der Waals surface area (Å²) in [5.41, 5.74) is -0.536. The lowest BCUT2D eigenvalue weighted by Gasteiger charge is -2.28. The van der Waals surface area contributed by atoms with Crippen molar-refractivity contribution in [1.82, 2.24) is 5.32 Å². The smallest absolute Gasteiger partial charge is 0.326 e. The van der Waals surface area contributed by atoms with Crippen molar-refractivity contribution < 1.29 is 14.6 Å². The molecule has 4 heteroatoms. The second-order valence-corrected chi connectivity index (χ2v) is 4.45. The topological polar surface area (TPSA) is 58.6 Å². The number of esters is 1. The Morgan fingerprint density at radius 1 is 1.44 bits per heavy atom. The van der Waals surface area contributed by atoms with Gasteiger partial charge in [0, 0.05) is 6.54 Å². The number of carbonyl (C=O) groups is 1. The minimum Gasteiger partial charge on any atom is -0.465 e. The van der Waals surface area contributed by atoms with Crippen LogP contribution in [0.25, 0.3) is 0 Å². The molecule has 0 spiro atoms. The van der Waals surface area contributed by atoms with Crippen LogP contribution in [0.2, 0.25) is 0 Å². The lowest BCUT2D eigenvalue weighted by molar-refractivity contribution is -0.151. The normalized spacial score (nSPS) is 20.7. The zero-order valence-electron chi connectivity index (χ0n) is 10.3. The molecule has 16 heavy (non-hydrogen) atoms. The predicted octanol–water partition coefficient (Wildman–Crippen LogP) is 1.22. The van der Waals surface area contributed by atoms with Gasteiger partial charge in [-0.15, -0.1) is 0 Å². The van der Waals surface area contributed by atoms with Crippen LogP contribution in [-0.4, -0.2) is 35.9 Å². The molecule has 0 heterocycles. The molecular weight excluding hydrogens is 206 g/mol. The van der Waals surface area contributed by atoms with E-state index in [1.807, 2.05) is 13.8 Å². The number of carbonyl (C=O) groups excluding carboxylic acids is 1. The average Bonchev–Trinajstić information content (AvgIpc) is 2.76. The summed E-state index contributed by atoms with van der Waals surface area (Å²) in [4.78, 5) is 11.9. The molecule has 94 valence electrons. The van der Waals surface area contributed by atoms with Gasteiger partial charge in [0.2, 0.25) is 0 Å². The highest BCUT2D eigenvalue weighted by molar-refractivity contribution is 5.81. The van der Waals surface area contributed by atoms with Crippen LogP contribution in [-0.2, 0) is 9.53 Å². The Kier molecular flexibility index (Phi) is 5.22. The van der Waals surface area contributed by atoms with Gasteiger partial charge in [-0.05, 0) is 26.2 Å². The molecule has 2 N–H and O–H groups in total. The Morgan fingerprint density at radius 3 is 2.56 bits per heavy atom. The van der Waals surface area contributed by atoms with Crippen LogP contribution in [0.1, 0.15) is 46.0 Å². The molecule has 0 amide bonds. The molecule has 0 aromatic rings. The second-order valence-electron chi connectivity index (χ2n) is 4.45. The summed E-state index contributed by atoms with van der Waals surface area (Å²) >= 11 is 0. The van der Waals surface area contributed by atoms with Gasteiger partial charge in [0.25, 0.3) is 0 Å². The summed E-state index contributed by atoms with van der Waals surface area (Å²) in [6.07, 6.45) is 4.06. The number of hydrogen-bond acceptors (Lipinski definition) is 4. The number of ether oxygens (including phenoxy) is 1. The predicted molar refractivity (Wildman–Crippen MR) is 62.1 cm³/mol. The zero-order chi connectivity index (χ0) is 12.0. The SMILES string of the molecule is CCOC(=O)C1(NCC(O)CC)CCCC1. The third kappa shape index (κ3) is 3.19. The van der Waals surface area contributed by atoms with E-state index in [0.29, 0.717) is 19.6 Å². The zero-order valence-corrected chi connectivity index (χ0v) is 10.3. The Morgan fingerprint density at radius 2 is 2.06 bits per heavy atom. The molecule has 0 aliphatic heterocycles. The first-order valence-electron chi connectivity index (χ1n) is 6.25. The summed E-state index contributed by atoms with van der Waals surface area (Å²) in [6.45, 7) is 4.63. The maximum atomic E-state index is 11.9.